The molecule has 1 aromatic carbocycles. The largest absolute Gasteiger partial charge is 0.465 e. The second kappa shape index (κ2) is 13.6. The fourth-order valence-electron chi connectivity index (χ4n) is 5.91. The molecule has 2 saturated heterocycles. The Kier molecular flexibility index (Phi) is 9.97. The van der Waals surface area contributed by atoms with Crippen molar-refractivity contribution in [3.63, 3.8) is 0 Å². The molecule has 1 N–H and O–H groups in total. The number of ether oxygens (including phenoxy) is 2. The standard InChI is InChI=1S/C29H41N5O5/c1-4-33-24(18-22-12-11-21(17-26(22)33)19-30-31-29(37)39-6-3)14-13-23-9-7-16-34(23)28(36)25-10-8-15-32(25)20-27(35)38-5-2/h11-12,17-19,23,25H,4-10,13-16,20H2,1-3H3,(H,31,37)/t23-,25+/m0/s1. The normalized spacial score (nSPS) is 19.7. The summed E-state index contributed by atoms with van der Waals surface area (Å²) in [6.45, 7) is 8.89. The van der Waals surface area contributed by atoms with Gasteiger partial charge in [-0.2, -0.15) is 5.10 Å². The van der Waals surface area contributed by atoms with Crippen LogP contribution in [-0.4, -0.2) is 83.5 Å². The number of benzene rings is 1. The van der Waals surface area contributed by atoms with E-state index in [9.17, 15) is 14.4 Å². The van der Waals surface area contributed by atoms with Gasteiger partial charge in [0.25, 0.3) is 0 Å². The first kappa shape index (κ1) is 28.6. The van der Waals surface area contributed by atoms with Gasteiger partial charge in [0.05, 0.1) is 32.0 Å². The van der Waals surface area contributed by atoms with Crippen molar-refractivity contribution in [2.24, 2.45) is 5.10 Å². The van der Waals surface area contributed by atoms with Crippen LogP contribution in [0.5, 0.6) is 0 Å². The number of aromatic nitrogens is 1. The maximum atomic E-state index is 13.6. The van der Waals surface area contributed by atoms with E-state index in [1.54, 1.807) is 20.1 Å². The van der Waals surface area contributed by atoms with Gasteiger partial charge in [0.1, 0.15) is 0 Å². The number of esters is 1. The molecule has 3 heterocycles. The van der Waals surface area contributed by atoms with Crippen LogP contribution in [0.15, 0.2) is 29.4 Å². The molecule has 2 aliphatic heterocycles. The van der Waals surface area contributed by atoms with Crippen LogP contribution in [0.25, 0.3) is 10.9 Å². The minimum atomic E-state index is -0.576. The van der Waals surface area contributed by atoms with Crippen molar-refractivity contribution in [2.45, 2.75) is 77.9 Å². The van der Waals surface area contributed by atoms with Crippen LogP contribution < -0.4 is 5.43 Å². The Balaban J connectivity index is 1.41. The summed E-state index contributed by atoms with van der Waals surface area (Å²) in [6, 6.07) is 8.33. The molecular weight excluding hydrogens is 498 g/mol. The highest BCUT2D eigenvalue weighted by Crippen LogP contribution is 2.28. The maximum absolute atomic E-state index is 13.6. The first-order valence-corrected chi connectivity index (χ1v) is 14.2. The molecule has 212 valence electrons. The van der Waals surface area contributed by atoms with E-state index in [0.29, 0.717) is 13.2 Å². The third-order valence-corrected chi connectivity index (χ3v) is 7.66. The molecule has 0 unspecified atom stereocenters. The molecule has 4 rings (SSSR count). The molecule has 0 radical (unpaired) electrons. The van der Waals surface area contributed by atoms with Crippen LogP contribution in [0, 0.1) is 0 Å². The zero-order chi connectivity index (χ0) is 27.8. The molecule has 10 heteroatoms. The number of amides is 2. The fourth-order valence-corrected chi connectivity index (χ4v) is 5.91. The molecule has 0 spiro atoms. The predicted molar refractivity (Wildman–Crippen MR) is 150 cm³/mol. The van der Waals surface area contributed by atoms with Crippen LogP contribution in [0.2, 0.25) is 0 Å². The van der Waals surface area contributed by atoms with E-state index in [1.165, 1.54) is 5.69 Å². The van der Waals surface area contributed by atoms with Gasteiger partial charge in [0.2, 0.25) is 5.91 Å². The van der Waals surface area contributed by atoms with Crippen LogP contribution >= 0.6 is 0 Å². The van der Waals surface area contributed by atoms with Gasteiger partial charge in [-0.15, -0.1) is 0 Å². The molecular formula is C29H41N5O5. The summed E-state index contributed by atoms with van der Waals surface area (Å²) in [5.41, 5.74) is 5.61. The monoisotopic (exact) mass is 539 g/mol. The molecule has 0 bridgehead atoms. The van der Waals surface area contributed by atoms with Crippen molar-refractivity contribution in [2.75, 3.05) is 32.8 Å². The Morgan fingerprint density at radius 3 is 2.62 bits per heavy atom. The van der Waals surface area contributed by atoms with E-state index in [1.807, 2.05) is 11.0 Å². The van der Waals surface area contributed by atoms with E-state index < -0.39 is 6.09 Å². The second-order valence-electron chi connectivity index (χ2n) is 10.1. The van der Waals surface area contributed by atoms with Gasteiger partial charge in [0, 0.05) is 30.3 Å². The van der Waals surface area contributed by atoms with Gasteiger partial charge < -0.3 is 18.9 Å². The lowest BCUT2D eigenvalue weighted by Crippen LogP contribution is -2.48. The molecule has 2 aromatic rings. The van der Waals surface area contributed by atoms with Crippen LogP contribution in [0.3, 0.4) is 0 Å². The van der Waals surface area contributed by atoms with E-state index in [4.69, 9.17) is 9.47 Å². The van der Waals surface area contributed by atoms with E-state index in [0.717, 1.165) is 74.6 Å². The Morgan fingerprint density at radius 2 is 1.85 bits per heavy atom. The number of nitrogens with zero attached hydrogens (tertiary/aromatic N) is 4. The summed E-state index contributed by atoms with van der Waals surface area (Å²) in [5.74, 6) is -0.0945. The number of likely N-dealkylation sites (tertiary alicyclic amines) is 2. The third kappa shape index (κ3) is 6.98. The van der Waals surface area contributed by atoms with Crippen LogP contribution in [0.4, 0.5) is 4.79 Å². The lowest BCUT2D eigenvalue weighted by Gasteiger charge is -2.31. The molecule has 1 aromatic heterocycles. The number of rotatable bonds is 11. The number of hydrogen-bond donors (Lipinski definition) is 1. The predicted octanol–water partition coefficient (Wildman–Crippen LogP) is 3.69. The first-order chi connectivity index (χ1) is 18.9. The summed E-state index contributed by atoms with van der Waals surface area (Å²) in [4.78, 5) is 41.1. The van der Waals surface area contributed by atoms with Gasteiger partial charge >= 0.3 is 12.1 Å². The van der Waals surface area contributed by atoms with E-state index in [2.05, 4.69) is 45.1 Å². The summed E-state index contributed by atoms with van der Waals surface area (Å²) < 4.78 is 12.3. The lowest BCUT2D eigenvalue weighted by molar-refractivity contribution is -0.146. The Morgan fingerprint density at radius 1 is 1.05 bits per heavy atom. The van der Waals surface area contributed by atoms with E-state index in [-0.39, 0.29) is 30.5 Å². The Labute approximate surface area is 230 Å². The summed E-state index contributed by atoms with van der Waals surface area (Å²) in [5, 5.41) is 5.14. The summed E-state index contributed by atoms with van der Waals surface area (Å²) >= 11 is 0. The number of hydrazone groups is 1. The zero-order valence-electron chi connectivity index (χ0n) is 23.4. The lowest BCUT2D eigenvalue weighted by atomic mass is 10.1. The number of carbonyl (C=O) groups is 3. The van der Waals surface area contributed by atoms with Gasteiger partial charge in [-0.3, -0.25) is 14.5 Å². The number of hydrogen-bond acceptors (Lipinski definition) is 7. The second-order valence-corrected chi connectivity index (χ2v) is 10.1. The molecule has 2 atom stereocenters. The molecule has 2 amide bonds. The highest BCUT2D eigenvalue weighted by molar-refractivity contribution is 5.90. The highest BCUT2D eigenvalue weighted by atomic mass is 16.6. The molecule has 39 heavy (non-hydrogen) atoms. The quantitative estimate of drug-likeness (QED) is 0.265. The Bertz CT molecular complexity index is 1190. The van der Waals surface area contributed by atoms with Crippen molar-refractivity contribution in [3.8, 4) is 0 Å². The zero-order valence-corrected chi connectivity index (χ0v) is 23.4. The average Bonchev–Trinajstić information content (AvgIpc) is 3.65. The highest BCUT2D eigenvalue weighted by Gasteiger charge is 2.38. The number of fused-ring (bicyclic) bond motifs is 1. The SMILES string of the molecule is CCOC(=O)CN1CCC[C@@H]1C(=O)N1CCC[C@H]1CCc1cc2ccc(C=NNC(=O)OCC)cc2n1CC. The van der Waals surface area contributed by atoms with Gasteiger partial charge in [-0.05, 0) is 88.9 Å². The Hall–Kier alpha value is -3.40. The summed E-state index contributed by atoms with van der Waals surface area (Å²) in [6.07, 6.45) is 6.57. The van der Waals surface area contributed by atoms with Crippen molar-refractivity contribution in [1.29, 1.82) is 0 Å². The minimum absolute atomic E-state index is 0.163. The third-order valence-electron chi connectivity index (χ3n) is 7.66. The van der Waals surface area contributed by atoms with Crippen molar-refractivity contribution in [3.05, 3.63) is 35.5 Å². The topological polar surface area (TPSA) is 105 Å². The van der Waals surface area contributed by atoms with Crippen molar-refractivity contribution < 1.29 is 23.9 Å². The average molecular weight is 540 g/mol. The number of nitrogens with one attached hydrogen (secondary N) is 1. The van der Waals surface area contributed by atoms with Gasteiger partial charge in [-0.25, -0.2) is 10.2 Å². The molecule has 2 fully saturated rings. The van der Waals surface area contributed by atoms with Gasteiger partial charge in [-0.1, -0.05) is 12.1 Å². The van der Waals surface area contributed by atoms with Crippen LogP contribution in [0.1, 0.15) is 64.1 Å². The molecule has 0 aliphatic carbocycles. The smallest absolute Gasteiger partial charge is 0.427 e. The first-order valence-electron chi connectivity index (χ1n) is 14.2. The summed E-state index contributed by atoms with van der Waals surface area (Å²) in [7, 11) is 0. The van der Waals surface area contributed by atoms with Crippen molar-refractivity contribution >= 4 is 35.1 Å². The van der Waals surface area contributed by atoms with Gasteiger partial charge in [0.15, 0.2) is 0 Å². The fraction of sp³-hybridized carbons (Fsp3) is 0.586. The molecule has 2 aliphatic rings. The minimum Gasteiger partial charge on any atom is -0.465 e. The maximum Gasteiger partial charge on any atom is 0.427 e. The van der Waals surface area contributed by atoms with Crippen LogP contribution in [-0.2, 0) is 32.0 Å². The van der Waals surface area contributed by atoms with E-state index >= 15 is 0 Å². The number of aryl methyl sites for hydroxylation is 2. The molecule has 0 saturated carbocycles. The van der Waals surface area contributed by atoms with Crippen molar-refractivity contribution in [1.82, 2.24) is 19.8 Å². The number of carbonyl (C=O) groups excluding carboxylic acids is 3. The molecule has 10 nitrogen and oxygen atoms in total.